The first-order valence-electron chi connectivity index (χ1n) is 7.93. The highest BCUT2D eigenvalue weighted by molar-refractivity contribution is 6.34. The van der Waals surface area contributed by atoms with Gasteiger partial charge in [0.15, 0.2) is 5.58 Å². The second kappa shape index (κ2) is 7.02. The Labute approximate surface area is 163 Å². The summed E-state index contributed by atoms with van der Waals surface area (Å²) in [6.07, 6.45) is 0. The van der Waals surface area contributed by atoms with Crippen LogP contribution in [0.1, 0.15) is 10.4 Å². The number of carbonyl (C=O) groups is 1. The molecule has 7 heteroatoms. The smallest absolute Gasteiger partial charge is 0.258 e. The normalized spacial score (nSPS) is 10.9. The molecule has 4 rings (SSSR count). The van der Waals surface area contributed by atoms with Gasteiger partial charge >= 0.3 is 0 Å². The maximum absolute atomic E-state index is 13.8. The second-order valence-electron chi connectivity index (χ2n) is 5.76. The Bertz CT molecular complexity index is 1170. The molecule has 0 aliphatic rings. The molecule has 1 aromatic heterocycles. The quantitative estimate of drug-likeness (QED) is 0.445. The van der Waals surface area contributed by atoms with Crippen molar-refractivity contribution in [3.8, 4) is 11.5 Å². The monoisotopic (exact) mass is 400 g/mol. The molecule has 3 aromatic carbocycles. The van der Waals surface area contributed by atoms with Crippen LogP contribution in [-0.2, 0) is 0 Å². The number of hydrogen-bond donors (Lipinski definition) is 1. The van der Waals surface area contributed by atoms with Crippen molar-refractivity contribution in [2.45, 2.75) is 0 Å². The van der Waals surface area contributed by atoms with E-state index < -0.39 is 11.7 Å². The Balaban J connectivity index is 1.68. The Morgan fingerprint density at radius 1 is 1.04 bits per heavy atom. The predicted molar refractivity (Wildman–Crippen MR) is 104 cm³/mol. The highest BCUT2D eigenvalue weighted by atomic mass is 35.5. The second-order valence-corrected chi connectivity index (χ2v) is 6.60. The molecule has 0 aliphatic heterocycles. The number of nitrogens with one attached hydrogen (secondary N) is 1. The molecule has 0 fully saturated rings. The Kier molecular flexibility index (Phi) is 4.56. The SMILES string of the molecule is O=C(Nc1cc(-c2nc3cc(Cl)ccc3o2)ccc1Cl)c1ccccc1F. The number of carbonyl (C=O) groups excluding carboxylic acids is 1. The van der Waals surface area contributed by atoms with Crippen LogP contribution in [0.5, 0.6) is 0 Å². The highest BCUT2D eigenvalue weighted by Crippen LogP contribution is 2.31. The average molecular weight is 401 g/mol. The lowest BCUT2D eigenvalue weighted by Crippen LogP contribution is -2.14. The number of hydrogen-bond acceptors (Lipinski definition) is 3. The third kappa shape index (κ3) is 3.52. The van der Waals surface area contributed by atoms with E-state index in [-0.39, 0.29) is 5.56 Å². The van der Waals surface area contributed by atoms with E-state index >= 15 is 0 Å². The summed E-state index contributed by atoms with van der Waals surface area (Å²) in [6.45, 7) is 0. The van der Waals surface area contributed by atoms with Gasteiger partial charge in [0.25, 0.3) is 5.91 Å². The van der Waals surface area contributed by atoms with E-state index in [0.29, 0.717) is 38.3 Å². The summed E-state index contributed by atoms with van der Waals surface area (Å²) < 4.78 is 19.5. The first-order valence-corrected chi connectivity index (χ1v) is 8.69. The fraction of sp³-hybridized carbons (Fsp3) is 0. The van der Waals surface area contributed by atoms with Crippen molar-refractivity contribution >= 4 is 45.9 Å². The number of oxazole rings is 1. The fourth-order valence-corrected chi connectivity index (χ4v) is 2.94. The van der Waals surface area contributed by atoms with E-state index in [0.717, 1.165) is 0 Å². The van der Waals surface area contributed by atoms with Crippen LogP contribution < -0.4 is 5.32 Å². The molecule has 0 aliphatic carbocycles. The summed E-state index contributed by atoms with van der Waals surface area (Å²) in [5.41, 5.74) is 2.06. The van der Waals surface area contributed by atoms with Crippen molar-refractivity contribution in [2.75, 3.05) is 5.32 Å². The van der Waals surface area contributed by atoms with Gasteiger partial charge in [-0.3, -0.25) is 4.79 Å². The average Bonchev–Trinajstić information content (AvgIpc) is 3.07. The van der Waals surface area contributed by atoms with Crippen molar-refractivity contribution < 1.29 is 13.6 Å². The van der Waals surface area contributed by atoms with Crippen LogP contribution >= 0.6 is 23.2 Å². The molecular formula is C20H11Cl2FN2O2. The number of halogens is 3. The summed E-state index contributed by atoms with van der Waals surface area (Å²) in [7, 11) is 0. The van der Waals surface area contributed by atoms with Gasteiger partial charge in [-0.25, -0.2) is 9.37 Å². The van der Waals surface area contributed by atoms with Crippen LogP contribution in [0.25, 0.3) is 22.6 Å². The molecule has 1 heterocycles. The molecular weight excluding hydrogens is 390 g/mol. The zero-order valence-corrected chi connectivity index (χ0v) is 15.2. The molecule has 134 valence electrons. The first kappa shape index (κ1) is 17.5. The van der Waals surface area contributed by atoms with Crippen LogP contribution in [0.4, 0.5) is 10.1 Å². The van der Waals surface area contributed by atoms with E-state index in [1.54, 1.807) is 42.5 Å². The van der Waals surface area contributed by atoms with Crippen LogP contribution in [0, 0.1) is 5.82 Å². The van der Waals surface area contributed by atoms with Gasteiger partial charge in [0.1, 0.15) is 11.3 Å². The molecule has 27 heavy (non-hydrogen) atoms. The summed E-state index contributed by atoms with van der Waals surface area (Å²) in [5, 5.41) is 3.48. The van der Waals surface area contributed by atoms with Crippen molar-refractivity contribution in [3.05, 3.63) is 82.1 Å². The lowest BCUT2D eigenvalue weighted by atomic mass is 10.1. The van der Waals surface area contributed by atoms with Crippen molar-refractivity contribution in [1.29, 1.82) is 0 Å². The molecule has 0 spiro atoms. The van der Waals surface area contributed by atoms with E-state index in [2.05, 4.69) is 10.3 Å². The molecule has 4 aromatic rings. The number of benzene rings is 3. The Hall–Kier alpha value is -2.89. The van der Waals surface area contributed by atoms with Gasteiger partial charge in [0.2, 0.25) is 5.89 Å². The van der Waals surface area contributed by atoms with Gasteiger partial charge in [-0.05, 0) is 48.5 Å². The minimum atomic E-state index is -0.613. The number of anilines is 1. The third-order valence-corrected chi connectivity index (χ3v) is 4.49. The van der Waals surface area contributed by atoms with Gasteiger partial charge in [-0.15, -0.1) is 0 Å². The molecule has 1 amide bonds. The van der Waals surface area contributed by atoms with Gasteiger partial charge in [0, 0.05) is 10.6 Å². The summed E-state index contributed by atoms with van der Waals surface area (Å²) in [6, 6.07) is 15.8. The van der Waals surface area contributed by atoms with Crippen molar-refractivity contribution in [2.24, 2.45) is 0 Å². The lowest BCUT2D eigenvalue weighted by Gasteiger charge is -2.09. The molecule has 4 nitrogen and oxygen atoms in total. The largest absolute Gasteiger partial charge is 0.436 e. The molecule has 0 radical (unpaired) electrons. The Morgan fingerprint density at radius 3 is 2.67 bits per heavy atom. The number of aromatic nitrogens is 1. The van der Waals surface area contributed by atoms with Crippen LogP contribution in [0.2, 0.25) is 10.0 Å². The van der Waals surface area contributed by atoms with Gasteiger partial charge < -0.3 is 9.73 Å². The van der Waals surface area contributed by atoms with E-state index in [9.17, 15) is 9.18 Å². The lowest BCUT2D eigenvalue weighted by molar-refractivity contribution is 0.102. The van der Waals surface area contributed by atoms with Crippen LogP contribution in [0.3, 0.4) is 0 Å². The standard InChI is InChI=1S/C20H11Cl2FN2O2/c21-12-6-8-18-17(10-12)25-20(27-18)11-5-7-14(22)16(9-11)24-19(26)13-3-1-2-4-15(13)23/h1-10H,(H,24,26). The summed E-state index contributed by atoms with van der Waals surface area (Å²) >= 11 is 12.1. The van der Waals surface area contributed by atoms with Crippen molar-refractivity contribution in [3.63, 3.8) is 0 Å². The number of nitrogens with zero attached hydrogens (tertiary/aromatic N) is 1. The maximum atomic E-state index is 13.8. The number of rotatable bonds is 3. The van der Waals surface area contributed by atoms with E-state index in [1.807, 2.05) is 0 Å². The molecule has 0 saturated heterocycles. The van der Waals surface area contributed by atoms with Gasteiger partial charge in [-0.2, -0.15) is 0 Å². The molecule has 0 bridgehead atoms. The highest BCUT2D eigenvalue weighted by Gasteiger charge is 2.15. The first-order chi connectivity index (χ1) is 13.0. The van der Waals surface area contributed by atoms with Crippen LogP contribution in [-0.4, -0.2) is 10.9 Å². The fourth-order valence-electron chi connectivity index (χ4n) is 2.61. The third-order valence-electron chi connectivity index (χ3n) is 3.93. The number of fused-ring (bicyclic) bond motifs is 1. The zero-order chi connectivity index (χ0) is 19.0. The molecule has 0 atom stereocenters. The number of amides is 1. The Morgan fingerprint density at radius 2 is 1.85 bits per heavy atom. The topological polar surface area (TPSA) is 55.1 Å². The predicted octanol–water partition coefficient (Wildman–Crippen LogP) is 6.19. The van der Waals surface area contributed by atoms with Gasteiger partial charge in [0.05, 0.1) is 16.3 Å². The molecule has 0 saturated carbocycles. The van der Waals surface area contributed by atoms with E-state index in [4.69, 9.17) is 27.6 Å². The maximum Gasteiger partial charge on any atom is 0.258 e. The summed E-state index contributed by atoms with van der Waals surface area (Å²) in [4.78, 5) is 16.7. The minimum absolute atomic E-state index is 0.0736. The van der Waals surface area contributed by atoms with Crippen molar-refractivity contribution in [1.82, 2.24) is 4.98 Å². The summed E-state index contributed by atoms with van der Waals surface area (Å²) in [5.74, 6) is -0.861. The van der Waals surface area contributed by atoms with Crippen LogP contribution in [0.15, 0.2) is 65.1 Å². The molecule has 1 N–H and O–H groups in total. The van der Waals surface area contributed by atoms with E-state index in [1.165, 1.54) is 18.2 Å². The van der Waals surface area contributed by atoms with Gasteiger partial charge in [-0.1, -0.05) is 35.3 Å². The molecule has 0 unspecified atom stereocenters. The minimum Gasteiger partial charge on any atom is -0.436 e. The zero-order valence-electron chi connectivity index (χ0n) is 13.7.